The summed E-state index contributed by atoms with van der Waals surface area (Å²) in [6.45, 7) is 10.7. The second kappa shape index (κ2) is 4.97. The summed E-state index contributed by atoms with van der Waals surface area (Å²) in [6.07, 6.45) is 2.12. The Labute approximate surface area is 93.2 Å². The predicted octanol–water partition coefficient (Wildman–Crippen LogP) is 1.98. The van der Waals surface area contributed by atoms with Gasteiger partial charge in [-0.25, -0.2) is 0 Å². The van der Waals surface area contributed by atoms with E-state index in [-0.39, 0.29) is 18.1 Å². The minimum absolute atomic E-state index is 0.0337. The molecule has 1 aliphatic heterocycles. The van der Waals surface area contributed by atoms with Crippen LogP contribution in [0.15, 0.2) is 0 Å². The Morgan fingerprint density at radius 1 is 1.33 bits per heavy atom. The van der Waals surface area contributed by atoms with Gasteiger partial charge < -0.3 is 4.90 Å². The Morgan fingerprint density at radius 3 is 2.33 bits per heavy atom. The van der Waals surface area contributed by atoms with E-state index < -0.39 is 0 Å². The average Bonchev–Trinajstić information content (AvgIpc) is 2.54. The minimum atomic E-state index is 0.0337. The van der Waals surface area contributed by atoms with Gasteiger partial charge in [-0.3, -0.25) is 10.1 Å². The molecule has 3 atom stereocenters. The third-order valence-corrected chi connectivity index (χ3v) is 3.33. The van der Waals surface area contributed by atoms with Crippen LogP contribution in [-0.4, -0.2) is 29.1 Å². The molecule has 1 saturated heterocycles. The van der Waals surface area contributed by atoms with Crippen molar-refractivity contribution in [1.29, 1.82) is 0 Å². The third-order valence-electron chi connectivity index (χ3n) is 3.33. The van der Waals surface area contributed by atoms with Crippen molar-refractivity contribution in [3.63, 3.8) is 0 Å². The van der Waals surface area contributed by atoms with Gasteiger partial charge in [0.05, 0.1) is 12.2 Å². The molecule has 1 rings (SSSR count). The van der Waals surface area contributed by atoms with E-state index in [1.54, 1.807) is 0 Å². The molecular formula is C12H24N2O. The summed E-state index contributed by atoms with van der Waals surface area (Å²) in [6, 6.07) is 0.375. The zero-order valence-electron chi connectivity index (χ0n) is 10.6. The van der Waals surface area contributed by atoms with Crippen molar-refractivity contribution in [3.8, 4) is 0 Å². The molecule has 1 fully saturated rings. The summed E-state index contributed by atoms with van der Waals surface area (Å²) >= 11 is 0. The zero-order chi connectivity index (χ0) is 11.6. The van der Waals surface area contributed by atoms with Gasteiger partial charge in [-0.05, 0) is 25.7 Å². The van der Waals surface area contributed by atoms with Crippen LogP contribution in [0.4, 0.5) is 0 Å². The van der Waals surface area contributed by atoms with Crippen LogP contribution in [0.5, 0.6) is 0 Å². The van der Waals surface area contributed by atoms with Crippen molar-refractivity contribution in [1.82, 2.24) is 10.2 Å². The number of amides is 1. The maximum absolute atomic E-state index is 12.1. The predicted molar refractivity (Wildman–Crippen MR) is 62.4 cm³/mol. The Morgan fingerprint density at radius 2 is 1.93 bits per heavy atom. The normalized spacial score (nSPS) is 28.9. The number of carbonyl (C=O) groups excluding carboxylic acids is 1. The van der Waals surface area contributed by atoms with E-state index in [2.05, 4.69) is 39.9 Å². The smallest absolute Gasteiger partial charge is 0.241 e. The number of hydrogen-bond donors (Lipinski definition) is 1. The lowest BCUT2D eigenvalue weighted by atomic mass is 10.1. The highest BCUT2D eigenvalue weighted by atomic mass is 16.2. The van der Waals surface area contributed by atoms with Crippen molar-refractivity contribution in [2.75, 3.05) is 0 Å². The van der Waals surface area contributed by atoms with Crippen molar-refractivity contribution >= 4 is 5.91 Å². The van der Waals surface area contributed by atoms with Crippen molar-refractivity contribution in [2.45, 2.75) is 65.7 Å². The van der Waals surface area contributed by atoms with Gasteiger partial charge >= 0.3 is 0 Å². The molecule has 0 aromatic carbocycles. The first-order chi connectivity index (χ1) is 7.02. The van der Waals surface area contributed by atoms with Crippen LogP contribution in [0.2, 0.25) is 0 Å². The van der Waals surface area contributed by atoms with E-state index in [0.29, 0.717) is 12.0 Å². The molecule has 15 heavy (non-hydrogen) atoms. The molecule has 3 unspecified atom stereocenters. The lowest BCUT2D eigenvalue weighted by molar-refractivity contribution is -0.132. The molecule has 0 saturated carbocycles. The second-order valence-electron chi connectivity index (χ2n) is 4.82. The molecule has 0 aromatic heterocycles. The maximum Gasteiger partial charge on any atom is 0.241 e. The van der Waals surface area contributed by atoms with Crippen molar-refractivity contribution < 1.29 is 4.79 Å². The molecule has 1 N–H and O–H groups in total. The summed E-state index contributed by atoms with van der Waals surface area (Å²) in [5.41, 5.74) is 0. The van der Waals surface area contributed by atoms with Gasteiger partial charge in [0.2, 0.25) is 5.91 Å². The van der Waals surface area contributed by atoms with Gasteiger partial charge in [0.1, 0.15) is 0 Å². The molecule has 0 bridgehead atoms. The maximum atomic E-state index is 12.1. The molecule has 3 heteroatoms. The summed E-state index contributed by atoms with van der Waals surface area (Å²) in [5.74, 6) is 0.755. The molecule has 0 spiro atoms. The lowest BCUT2D eigenvalue weighted by Gasteiger charge is -2.32. The van der Waals surface area contributed by atoms with Gasteiger partial charge in [0.25, 0.3) is 0 Å². The van der Waals surface area contributed by atoms with E-state index in [1.165, 1.54) is 0 Å². The number of nitrogens with zero attached hydrogens (tertiary/aromatic N) is 1. The van der Waals surface area contributed by atoms with Crippen LogP contribution in [0, 0.1) is 5.92 Å². The molecule has 0 aromatic rings. The van der Waals surface area contributed by atoms with E-state index in [9.17, 15) is 4.79 Å². The van der Waals surface area contributed by atoms with Crippen LogP contribution in [0.3, 0.4) is 0 Å². The fourth-order valence-electron chi connectivity index (χ4n) is 2.17. The Hall–Kier alpha value is -0.570. The first kappa shape index (κ1) is 12.5. The zero-order valence-corrected chi connectivity index (χ0v) is 10.6. The van der Waals surface area contributed by atoms with Crippen LogP contribution < -0.4 is 5.32 Å². The number of carbonyl (C=O) groups is 1. The van der Waals surface area contributed by atoms with Crippen LogP contribution in [0.1, 0.15) is 47.5 Å². The van der Waals surface area contributed by atoms with E-state index in [0.717, 1.165) is 12.8 Å². The topological polar surface area (TPSA) is 32.3 Å². The first-order valence-corrected chi connectivity index (χ1v) is 6.11. The summed E-state index contributed by atoms with van der Waals surface area (Å²) in [4.78, 5) is 14.2. The first-order valence-electron chi connectivity index (χ1n) is 6.11. The third kappa shape index (κ3) is 2.33. The largest absolute Gasteiger partial charge is 0.323 e. The van der Waals surface area contributed by atoms with Gasteiger partial charge in [-0.2, -0.15) is 0 Å². The molecule has 0 radical (unpaired) electrons. The lowest BCUT2D eigenvalue weighted by Crippen LogP contribution is -2.46. The van der Waals surface area contributed by atoms with Crippen molar-refractivity contribution in [3.05, 3.63) is 0 Å². The van der Waals surface area contributed by atoms with Crippen LogP contribution >= 0.6 is 0 Å². The second-order valence-corrected chi connectivity index (χ2v) is 4.82. The fourth-order valence-corrected chi connectivity index (χ4v) is 2.17. The summed E-state index contributed by atoms with van der Waals surface area (Å²) in [7, 11) is 0. The SMILES string of the molecule is CCC1NC(C(C)C)N(C(C)CC)C1=O. The highest BCUT2D eigenvalue weighted by Gasteiger charge is 2.40. The van der Waals surface area contributed by atoms with E-state index >= 15 is 0 Å². The molecule has 1 aliphatic rings. The summed E-state index contributed by atoms with van der Waals surface area (Å²) < 4.78 is 0. The molecule has 1 amide bonds. The van der Waals surface area contributed by atoms with Gasteiger partial charge in [-0.1, -0.05) is 27.7 Å². The van der Waals surface area contributed by atoms with Gasteiger partial charge in [0.15, 0.2) is 0 Å². The molecule has 1 heterocycles. The standard InChI is InChI=1S/C12H24N2O/c1-6-9(5)14-11(8(3)4)13-10(7-2)12(14)15/h8-11,13H,6-7H2,1-5H3. The number of nitrogens with one attached hydrogen (secondary N) is 1. The van der Waals surface area contributed by atoms with Crippen LogP contribution in [-0.2, 0) is 4.79 Å². The molecule has 88 valence electrons. The monoisotopic (exact) mass is 212 g/mol. The van der Waals surface area contributed by atoms with E-state index in [1.807, 2.05) is 4.90 Å². The molecular weight excluding hydrogens is 188 g/mol. The molecule has 3 nitrogen and oxygen atoms in total. The summed E-state index contributed by atoms with van der Waals surface area (Å²) in [5, 5.41) is 3.43. The highest BCUT2D eigenvalue weighted by Crippen LogP contribution is 2.22. The van der Waals surface area contributed by atoms with Gasteiger partial charge in [0, 0.05) is 6.04 Å². The fraction of sp³-hybridized carbons (Fsp3) is 0.917. The molecule has 0 aliphatic carbocycles. The highest BCUT2D eigenvalue weighted by molar-refractivity contribution is 5.84. The Kier molecular flexibility index (Phi) is 4.14. The van der Waals surface area contributed by atoms with Crippen LogP contribution in [0.25, 0.3) is 0 Å². The minimum Gasteiger partial charge on any atom is -0.323 e. The Balaban J connectivity index is 2.83. The Bertz CT molecular complexity index is 228. The van der Waals surface area contributed by atoms with Crippen molar-refractivity contribution in [2.24, 2.45) is 5.92 Å². The quantitative estimate of drug-likeness (QED) is 0.773. The average molecular weight is 212 g/mol. The van der Waals surface area contributed by atoms with E-state index in [4.69, 9.17) is 0 Å². The van der Waals surface area contributed by atoms with Gasteiger partial charge in [-0.15, -0.1) is 0 Å². The number of rotatable bonds is 4. The number of hydrogen-bond acceptors (Lipinski definition) is 2.